The molecule has 2 aromatic carbocycles. The molecule has 0 bridgehead atoms. The van der Waals surface area contributed by atoms with Crippen LogP contribution in [0.25, 0.3) is 11.0 Å². The van der Waals surface area contributed by atoms with E-state index in [1.807, 2.05) is 61.5 Å². The summed E-state index contributed by atoms with van der Waals surface area (Å²) in [6.45, 7) is 2.09. The number of nitrogens with one attached hydrogen (secondary N) is 1. The molecule has 1 fully saturated rings. The molecule has 2 amide bonds. The van der Waals surface area contributed by atoms with Gasteiger partial charge >= 0.3 is 0 Å². The van der Waals surface area contributed by atoms with Crippen LogP contribution in [0.1, 0.15) is 55.0 Å². The Kier molecular flexibility index (Phi) is 7.11. The van der Waals surface area contributed by atoms with Crippen LogP contribution in [0.3, 0.4) is 0 Å². The molecule has 0 spiro atoms. The number of fused-ring (bicyclic) bond motifs is 1. The predicted octanol–water partition coefficient (Wildman–Crippen LogP) is 4.55. The van der Waals surface area contributed by atoms with Crippen LogP contribution in [0.4, 0.5) is 0 Å². The van der Waals surface area contributed by atoms with E-state index in [-0.39, 0.29) is 30.9 Å². The number of rotatable bonds is 8. The number of hydrogen-bond acceptors (Lipinski definition) is 5. The summed E-state index contributed by atoms with van der Waals surface area (Å²) in [4.78, 5) is 29.4. The number of aromatic nitrogens is 3. The normalized spacial score (nSPS) is 15.0. The van der Waals surface area contributed by atoms with Crippen molar-refractivity contribution < 1.29 is 14.0 Å². The lowest BCUT2D eigenvalue weighted by Gasteiger charge is -2.33. The Hall–Kier alpha value is -3.94. The van der Waals surface area contributed by atoms with Crippen molar-refractivity contribution in [3.8, 4) is 0 Å². The van der Waals surface area contributed by atoms with Crippen LogP contribution in [-0.2, 0) is 22.7 Å². The molecule has 0 saturated heterocycles. The van der Waals surface area contributed by atoms with Gasteiger partial charge in [0, 0.05) is 6.04 Å². The summed E-state index contributed by atoms with van der Waals surface area (Å²) in [5.74, 6) is 0.199. The minimum Gasteiger partial charge on any atom is -0.467 e. The van der Waals surface area contributed by atoms with Crippen molar-refractivity contribution in [1.29, 1.82) is 0 Å². The summed E-state index contributed by atoms with van der Waals surface area (Å²) in [6, 6.07) is 18.2. The molecule has 8 nitrogen and oxygen atoms in total. The summed E-state index contributed by atoms with van der Waals surface area (Å²) in [5.41, 5.74) is 3.23. The highest BCUT2D eigenvalue weighted by atomic mass is 16.3. The fourth-order valence-corrected chi connectivity index (χ4v) is 5.02. The number of aryl methyl sites for hydroxylation is 1. The van der Waals surface area contributed by atoms with E-state index >= 15 is 0 Å². The highest BCUT2D eigenvalue weighted by molar-refractivity contribution is 5.89. The molecule has 1 N–H and O–H groups in total. The molecule has 4 aromatic rings. The molecule has 0 radical (unpaired) electrons. The predicted molar refractivity (Wildman–Crippen MR) is 136 cm³/mol. The van der Waals surface area contributed by atoms with Crippen LogP contribution >= 0.6 is 0 Å². The number of amides is 2. The Morgan fingerprint density at radius 3 is 2.61 bits per heavy atom. The number of carbonyl (C=O) groups is 2. The molecule has 0 aliphatic heterocycles. The lowest BCUT2D eigenvalue weighted by molar-refractivity contribution is -0.142. The van der Waals surface area contributed by atoms with Crippen molar-refractivity contribution in [3.63, 3.8) is 0 Å². The maximum atomic E-state index is 13.9. The smallest absolute Gasteiger partial charge is 0.247 e. The van der Waals surface area contributed by atoms with Crippen LogP contribution in [0.5, 0.6) is 0 Å². The average molecular weight is 486 g/mol. The third-order valence-electron chi connectivity index (χ3n) is 6.93. The maximum absolute atomic E-state index is 13.9. The quantitative estimate of drug-likeness (QED) is 0.395. The van der Waals surface area contributed by atoms with Crippen LogP contribution in [-0.4, -0.2) is 37.7 Å². The molecule has 1 saturated carbocycles. The van der Waals surface area contributed by atoms with Gasteiger partial charge in [-0.3, -0.25) is 9.59 Å². The SMILES string of the molecule is Cc1ccccc1[C@H](C(=O)NC1CCCCC1)N(Cc1ccco1)C(=O)Cn1nnc2ccccc21. The summed E-state index contributed by atoms with van der Waals surface area (Å²) in [6.07, 6.45) is 6.91. The lowest BCUT2D eigenvalue weighted by atomic mass is 9.94. The molecule has 1 aliphatic carbocycles. The average Bonchev–Trinajstić information content (AvgIpc) is 3.55. The number of para-hydroxylation sites is 1. The molecular formula is C28H31N5O3. The van der Waals surface area contributed by atoms with E-state index in [1.165, 1.54) is 6.42 Å². The van der Waals surface area contributed by atoms with E-state index in [0.717, 1.165) is 42.3 Å². The zero-order chi connectivity index (χ0) is 24.9. The van der Waals surface area contributed by atoms with Gasteiger partial charge < -0.3 is 14.6 Å². The first-order valence-electron chi connectivity index (χ1n) is 12.6. The van der Waals surface area contributed by atoms with Gasteiger partial charge in [-0.2, -0.15) is 0 Å². The van der Waals surface area contributed by atoms with E-state index < -0.39 is 6.04 Å². The van der Waals surface area contributed by atoms with Gasteiger partial charge in [-0.05, 0) is 55.2 Å². The topological polar surface area (TPSA) is 93.3 Å². The van der Waals surface area contributed by atoms with Gasteiger partial charge in [0.15, 0.2) is 0 Å². The summed E-state index contributed by atoms with van der Waals surface area (Å²) in [7, 11) is 0. The number of nitrogens with zero attached hydrogens (tertiary/aromatic N) is 4. The third kappa shape index (κ3) is 5.17. The molecule has 8 heteroatoms. The fraction of sp³-hybridized carbons (Fsp3) is 0.357. The van der Waals surface area contributed by atoms with Crippen molar-refractivity contribution in [3.05, 3.63) is 83.8 Å². The van der Waals surface area contributed by atoms with Gasteiger partial charge in [-0.1, -0.05) is 60.9 Å². The van der Waals surface area contributed by atoms with Crippen molar-refractivity contribution in [2.24, 2.45) is 0 Å². The Labute approximate surface area is 210 Å². The second-order valence-electron chi connectivity index (χ2n) is 9.44. The van der Waals surface area contributed by atoms with Crippen LogP contribution < -0.4 is 5.32 Å². The highest BCUT2D eigenvalue weighted by Gasteiger charge is 2.34. The molecule has 0 unspecified atom stereocenters. The van der Waals surface area contributed by atoms with Gasteiger partial charge in [-0.15, -0.1) is 5.10 Å². The van der Waals surface area contributed by atoms with Crippen molar-refractivity contribution in [2.75, 3.05) is 0 Å². The maximum Gasteiger partial charge on any atom is 0.247 e. The number of furan rings is 1. The largest absolute Gasteiger partial charge is 0.467 e. The lowest BCUT2D eigenvalue weighted by Crippen LogP contribution is -2.47. The first-order chi connectivity index (χ1) is 17.6. The first-order valence-corrected chi connectivity index (χ1v) is 12.6. The van der Waals surface area contributed by atoms with Crippen molar-refractivity contribution in [1.82, 2.24) is 25.2 Å². The van der Waals surface area contributed by atoms with Crippen molar-refractivity contribution >= 4 is 22.8 Å². The molecule has 1 aliphatic rings. The van der Waals surface area contributed by atoms with Gasteiger partial charge in [0.25, 0.3) is 0 Å². The second-order valence-corrected chi connectivity index (χ2v) is 9.44. The summed E-state index contributed by atoms with van der Waals surface area (Å²) < 4.78 is 7.19. The van der Waals surface area contributed by atoms with Gasteiger partial charge in [0.05, 0.1) is 18.3 Å². The van der Waals surface area contributed by atoms with Gasteiger partial charge in [-0.25, -0.2) is 4.68 Å². The number of benzene rings is 2. The fourth-order valence-electron chi connectivity index (χ4n) is 5.02. The molecule has 1 atom stereocenters. The van der Waals surface area contributed by atoms with Crippen molar-refractivity contribution in [2.45, 2.75) is 64.2 Å². The van der Waals surface area contributed by atoms with Crippen LogP contribution in [0.2, 0.25) is 0 Å². The Morgan fingerprint density at radius 2 is 1.83 bits per heavy atom. The van der Waals surface area contributed by atoms with Gasteiger partial charge in [0.2, 0.25) is 11.8 Å². The van der Waals surface area contributed by atoms with E-state index in [1.54, 1.807) is 21.9 Å². The number of carbonyl (C=O) groups excluding carboxylic acids is 2. The monoisotopic (exact) mass is 485 g/mol. The molecule has 36 heavy (non-hydrogen) atoms. The Balaban J connectivity index is 1.51. The Morgan fingerprint density at radius 1 is 1.06 bits per heavy atom. The molecular weight excluding hydrogens is 454 g/mol. The highest BCUT2D eigenvalue weighted by Crippen LogP contribution is 2.28. The Bertz CT molecular complexity index is 1320. The molecule has 5 rings (SSSR count). The molecule has 2 aromatic heterocycles. The third-order valence-corrected chi connectivity index (χ3v) is 6.93. The summed E-state index contributed by atoms with van der Waals surface area (Å²) in [5, 5.41) is 11.6. The van der Waals surface area contributed by atoms with E-state index in [9.17, 15) is 9.59 Å². The summed E-state index contributed by atoms with van der Waals surface area (Å²) >= 11 is 0. The molecule has 2 heterocycles. The number of hydrogen-bond donors (Lipinski definition) is 1. The minimum atomic E-state index is -0.805. The first kappa shape index (κ1) is 23.8. The second kappa shape index (κ2) is 10.8. The van der Waals surface area contributed by atoms with E-state index in [2.05, 4.69) is 15.6 Å². The molecule has 186 valence electrons. The van der Waals surface area contributed by atoms with E-state index in [0.29, 0.717) is 11.3 Å². The van der Waals surface area contributed by atoms with Gasteiger partial charge in [0.1, 0.15) is 23.9 Å². The van der Waals surface area contributed by atoms with Crippen LogP contribution in [0.15, 0.2) is 71.3 Å². The standard InChI is InChI=1S/C28H31N5O3/c1-20-10-5-6-14-23(20)27(28(35)29-21-11-3-2-4-12-21)32(18-22-13-9-17-36-22)26(34)19-33-25-16-8-7-15-24(25)30-31-33/h5-10,13-17,21,27H,2-4,11-12,18-19H2,1H3,(H,29,35)/t27-/m1/s1. The van der Waals surface area contributed by atoms with Crippen LogP contribution in [0, 0.1) is 6.92 Å². The zero-order valence-electron chi connectivity index (χ0n) is 20.5. The minimum absolute atomic E-state index is 0.0414. The zero-order valence-corrected chi connectivity index (χ0v) is 20.5. The van der Waals surface area contributed by atoms with E-state index in [4.69, 9.17) is 4.42 Å².